The van der Waals surface area contributed by atoms with Gasteiger partial charge in [0, 0.05) is 4.53 Å². The molecule has 0 spiro atoms. The SMILES string of the molecule is O=C(O)c1cc2ccccc2n(Cc2ccc(OF)cc2)c1=O. The second-order valence-electron chi connectivity index (χ2n) is 5.03. The molecular weight excluding hydrogens is 301 g/mol. The van der Waals surface area contributed by atoms with Crippen molar-refractivity contribution in [2.45, 2.75) is 6.54 Å². The van der Waals surface area contributed by atoms with Gasteiger partial charge < -0.3 is 9.67 Å². The number of carboxylic acid groups (broad SMARTS) is 1. The van der Waals surface area contributed by atoms with Gasteiger partial charge in [-0.15, -0.1) is 0 Å². The molecule has 3 rings (SSSR count). The Hall–Kier alpha value is -3.15. The van der Waals surface area contributed by atoms with Gasteiger partial charge in [0.25, 0.3) is 5.56 Å². The van der Waals surface area contributed by atoms with E-state index in [1.807, 2.05) is 0 Å². The first kappa shape index (κ1) is 14.8. The molecule has 3 aromatic rings. The maximum atomic E-state index is 12.4. The topological polar surface area (TPSA) is 68.5 Å². The van der Waals surface area contributed by atoms with Crippen LogP contribution in [-0.2, 0) is 6.54 Å². The Balaban J connectivity index is 2.16. The number of hydrogen-bond acceptors (Lipinski definition) is 3. The van der Waals surface area contributed by atoms with E-state index in [0.29, 0.717) is 10.9 Å². The van der Waals surface area contributed by atoms with E-state index in [1.165, 1.54) is 22.8 Å². The Labute approximate surface area is 130 Å². The van der Waals surface area contributed by atoms with Crippen LogP contribution < -0.4 is 10.5 Å². The summed E-state index contributed by atoms with van der Waals surface area (Å²) in [4.78, 5) is 27.3. The molecule has 5 nitrogen and oxygen atoms in total. The van der Waals surface area contributed by atoms with Gasteiger partial charge in [0.05, 0.1) is 12.1 Å². The quantitative estimate of drug-likeness (QED) is 0.804. The van der Waals surface area contributed by atoms with Crippen molar-refractivity contribution in [3.63, 3.8) is 0 Å². The van der Waals surface area contributed by atoms with Gasteiger partial charge in [0.15, 0.2) is 5.75 Å². The van der Waals surface area contributed by atoms with Gasteiger partial charge in [-0.3, -0.25) is 9.74 Å². The molecular formula is C17H12FNO4. The summed E-state index contributed by atoms with van der Waals surface area (Å²) in [6.07, 6.45) is 0. The van der Waals surface area contributed by atoms with Crippen molar-refractivity contribution in [1.29, 1.82) is 0 Å². The molecule has 0 fully saturated rings. The number of fused-ring (bicyclic) bond motifs is 1. The normalized spacial score (nSPS) is 10.7. The van der Waals surface area contributed by atoms with E-state index in [1.54, 1.807) is 36.4 Å². The van der Waals surface area contributed by atoms with Crippen LogP contribution in [0.5, 0.6) is 5.75 Å². The number of aromatic nitrogens is 1. The minimum Gasteiger partial charge on any atom is -0.477 e. The number of para-hydroxylation sites is 1. The van der Waals surface area contributed by atoms with Crippen LogP contribution in [0.3, 0.4) is 0 Å². The van der Waals surface area contributed by atoms with Crippen molar-refractivity contribution in [3.05, 3.63) is 76.1 Å². The van der Waals surface area contributed by atoms with Crippen molar-refractivity contribution in [2.75, 3.05) is 0 Å². The van der Waals surface area contributed by atoms with E-state index in [4.69, 9.17) is 0 Å². The molecule has 1 aromatic heterocycles. The van der Waals surface area contributed by atoms with Crippen LogP contribution in [0.4, 0.5) is 4.53 Å². The highest BCUT2D eigenvalue weighted by Crippen LogP contribution is 2.17. The van der Waals surface area contributed by atoms with Crippen LogP contribution in [0.1, 0.15) is 15.9 Å². The number of aromatic carboxylic acids is 1. The highest BCUT2D eigenvalue weighted by molar-refractivity contribution is 5.92. The summed E-state index contributed by atoms with van der Waals surface area (Å²) in [5.74, 6) is -1.21. The zero-order valence-corrected chi connectivity index (χ0v) is 11.9. The third kappa shape index (κ3) is 2.78. The molecule has 0 saturated heterocycles. The van der Waals surface area contributed by atoms with Gasteiger partial charge in [0.2, 0.25) is 0 Å². The van der Waals surface area contributed by atoms with Gasteiger partial charge in [-0.2, -0.15) is 0 Å². The van der Waals surface area contributed by atoms with Crippen LogP contribution in [0.15, 0.2) is 59.4 Å². The van der Waals surface area contributed by atoms with E-state index in [2.05, 4.69) is 4.94 Å². The van der Waals surface area contributed by atoms with Crippen molar-refractivity contribution in [1.82, 2.24) is 4.57 Å². The Morgan fingerprint density at radius 1 is 1.13 bits per heavy atom. The molecule has 0 atom stereocenters. The molecule has 0 amide bonds. The smallest absolute Gasteiger partial charge is 0.341 e. The first-order chi connectivity index (χ1) is 11.1. The second-order valence-corrected chi connectivity index (χ2v) is 5.03. The van der Waals surface area contributed by atoms with E-state index in [0.717, 1.165) is 5.56 Å². The molecule has 0 aliphatic heterocycles. The average molecular weight is 313 g/mol. The zero-order chi connectivity index (χ0) is 16.4. The molecule has 0 radical (unpaired) electrons. The molecule has 0 saturated carbocycles. The number of pyridine rings is 1. The Morgan fingerprint density at radius 3 is 2.48 bits per heavy atom. The lowest BCUT2D eigenvalue weighted by molar-refractivity contribution is -0.00622. The minimum atomic E-state index is -1.27. The zero-order valence-electron chi connectivity index (χ0n) is 11.9. The summed E-state index contributed by atoms with van der Waals surface area (Å²) in [7, 11) is 0. The molecule has 1 N–H and O–H groups in total. The summed E-state index contributed by atoms with van der Waals surface area (Å²) in [5, 5.41) is 9.87. The van der Waals surface area contributed by atoms with Crippen LogP contribution >= 0.6 is 0 Å². The summed E-state index contributed by atoms with van der Waals surface area (Å²) in [6.45, 7) is 0.174. The summed E-state index contributed by atoms with van der Waals surface area (Å²) >= 11 is 0. The predicted molar refractivity (Wildman–Crippen MR) is 82.4 cm³/mol. The Morgan fingerprint density at radius 2 is 1.83 bits per heavy atom. The molecule has 116 valence electrons. The third-order valence-corrected chi connectivity index (χ3v) is 3.59. The standard InChI is InChI=1S/C17H12FNO4/c18-23-13-7-5-11(6-8-13)10-19-15-4-2-1-3-12(15)9-14(16(19)20)17(21)22/h1-9H,10H2,(H,21,22). The fourth-order valence-corrected chi connectivity index (χ4v) is 2.47. The third-order valence-electron chi connectivity index (χ3n) is 3.59. The van der Waals surface area contributed by atoms with Gasteiger partial charge in [-0.25, -0.2) is 4.79 Å². The van der Waals surface area contributed by atoms with Crippen LogP contribution in [-0.4, -0.2) is 15.6 Å². The number of hydrogen-bond donors (Lipinski definition) is 1. The lowest BCUT2D eigenvalue weighted by Crippen LogP contribution is -2.27. The maximum Gasteiger partial charge on any atom is 0.341 e. The van der Waals surface area contributed by atoms with Crippen molar-refractivity contribution < 1.29 is 19.4 Å². The number of carbonyl (C=O) groups is 1. The van der Waals surface area contributed by atoms with Gasteiger partial charge >= 0.3 is 5.97 Å². The van der Waals surface area contributed by atoms with Crippen LogP contribution in [0, 0.1) is 0 Å². The van der Waals surface area contributed by atoms with Crippen molar-refractivity contribution in [2.24, 2.45) is 0 Å². The fraction of sp³-hybridized carbons (Fsp3) is 0.0588. The minimum absolute atomic E-state index is 0.0604. The highest BCUT2D eigenvalue weighted by Gasteiger charge is 2.14. The van der Waals surface area contributed by atoms with Crippen molar-refractivity contribution >= 4 is 16.9 Å². The lowest BCUT2D eigenvalue weighted by atomic mass is 10.1. The fourth-order valence-electron chi connectivity index (χ4n) is 2.47. The molecule has 0 aliphatic rings. The Bertz CT molecular complexity index is 931. The molecule has 1 heterocycles. The summed E-state index contributed by atoms with van der Waals surface area (Å²) in [6, 6.07) is 14.5. The summed E-state index contributed by atoms with van der Waals surface area (Å²) in [5.41, 5.74) is 0.489. The van der Waals surface area contributed by atoms with E-state index in [9.17, 15) is 19.2 Å². The molecule has 6 heteroatoms. The monoisotopic (exact) mass is 313 g/mol. The second kappa shape index (κ2) is 5.92. The number of nitrogens with zero attached hydrogens (tertiary/aromatic N) is 1. The van der Waals surface area contributed by atoms with Crippen LogP contribution in [0.2, 0.25) is 0 Å². The molecule has 2 aromatic carbocycles. The molecule has 0 unspecified atom stereocenters. The number of rotatable bonds is 4. The van der Waals surface area contributed by atoms with Crippen molar-refractivity contribution in [3.8, 4) is 5.75 Å². The van der Waals surface area contributed by atoms with Gasteiger partial charge in [0.1, 0.15) is 5.56 Å². The first-order valence-electron chi connectivity index (χ1n) is 6.83. The average Bonchev–Trinajstić information content (AvgIpc) is 2.57. The van der Waals surface area contributed by atoms with Gasteiger partial charge in [-0.1, -0.05) is 30.3 Å². The van der Waals surface area contributed by atoms with E-state index < -0.39 is 11.5 Å². The molecule has 0 bridgehead atoms. The number of carboxylic acids is 1. The Kier molecular flexibility index (Phi) is 3.80. The maximum absolute atomic E-state index is 12.4. The lowest BCUT2D eigenvalue weighted by Gasteiger charge is -2.12. The predicted octanol–water partition coefficient (Wildman–Crippen LogP) is 3.01. The summed E-state index contributed by atoms with van der Waals surface area (Å²) < 4.78 is 13.5. The number of halogens is 1. The van der Waals surface area contributed by atoms with Crippen LogP contribution in [0.25, 0.3) is 10.9 Å². The molecule has 23 heavy (non-hydrogen) atoms. The van der Waals surface area contributed by atoms with E-state index in [-0.39, 0.29) is 17.9 Å². The number of benzene rings is 2. The van der Waals surface area contributed by atoms with E-state index >= 15 is 0 Å². The first-order valence-corrected chi connectivity index (χ1v) is 6.83. The van der Waals surface area contributed by atoms with Gasteiger partial charge in [-0.05, 0) is 35.2 Å². The largest absolute Gasteiger partial charge is 0.477 e. The highest BCUT2D eigenvalue weighted by atomic mass is 19.3. The molecule has 0 aliphatic carbocycles.